The number of carbonyl (C=O) groups is 2. The highest BCUT2D eigenvalue weighted by molar-refractivity contribution is 5.99. The van der Waals surface area contributed by atoms with Crippen molar-refractivity contribution in [2.24, 2.45) is 0 Å². The molecular formula is C22H24FN3O4. The number of nitrogens with zero attached hydrogens (tertiary/aromatic N) is 2. The lowest BCUT2D eigenvalue weighted by atomic mass is 9.99. The number of hydrogen-bond acceptors (Lipinski definition) is 4. The van der Waals surface area contributed by atoms with Gasteiger partial charge in [0.1, 0.15) is 11.4 Å². The summed E-state index contributed by atoms with van der Waals surface area (Å²) in [5, 5.41) is 13.1. The molecule has 2 aromatic rings. The summed E-state index contributed by atoms with van der Waals surface area (Å²) in [5.74, 6) is -2.28. The van der Waals surface area contributed by atoms with Crippen LogP contribution >= 0.6 is 0 Å². The molecular weight excluding hydrogens is 389 g/mol. The smallest absolute Gasteiger partial charge is 0.274 e. The SMILES string of the molecule is Cc1ccc(CNC(=O)c2cn3c(c(O)c2=O)C(=O)N2CCCC[C@@H]3[C@H]2C)c(F)c1. The third kappa shape index (κ3) is 3.26. The van der Waals surface area contributed by atoms with Gasteiger partial charge in [0.2, 0.25) is 5.43 Å². The zero-order valence-electron chi connectivity index (χ0n) is 16.9. The Hall–Kier alpha value is -3.16. The first-order valence-corrected chi connectivity index (χ1v) is 10.1. The first kappa shape index (κ1) is 20.1. The number of pyridine rings is 1. The van der Waals surface area contributed by atoms with Crippen molar-refractivity contribution in [1.29, 1.82) is 0 Å². The van der Waals surface area contributed by atoms with Crippen molar-refractivity contribution in [2.75, 3.05) is 6.54 Å². The number of aromatic nitrogens is 1. The van der Waals surface area contributed by atoms with Gasteiger partial charge in [-0.15, -0.1) is 0 Å². The van der Waals surface area contributed by atoms with Gasteiger partial charge < -0.3 is 19.9 Å². The summed E-state index contributed by atoms with van der Waals surface area (Å²) >= 11 is 0. The van der Waals surface area contributed by atoms with Crippen LogP contribution in [0.25, 0.3) is 0 Å². The molecule has 2 aliphatic heterocycles. The highest BCUT2D eigenvalue weighted by atomic mass is 19.1. The molecule has 0 saturated carbocycles. The average Bonchev–Trinajstić information content (AvgIpc) is 2.85. The summed E-state index contributed by atoms with van der Waals surface area (Å²) in [5.41, 5.74) is -0.173. The predicted molar refractivity (Wildman–Crippen MR) is 108 cm³/mol. The van der Waals surface area contributed by atoms with Gasteiger partial charge in [-0.2, -0.15) is 0 Å². The average molecular weight is 413 g/mol. The highest BCUT2D eigenvalue weighted by Crippen LogP contribution is 2.36. The molecule has 2 aliphatic rings. The molecule has 2 bridgehead atoms. The maximum atomic E-state index is 14.0. The van der Waals surface area contributed by atoms with Gasteiger partial charge in [0.15, 0.2) is 11.4 Å². The molecule has 2 atom stereocenters. The van der Waals surface area contributed by atoms with Gasteiger partial charge >= 0.3 is 0 Å². The van der Waals surface area contributed by atoms with Crippen molar-refractivity contribution in [3.8, 4) is 5.75 Å². The molecule has 7 nitrogen and oxygen atoms in total. The Bertz CT molecular complexity index is 1090. The van der Waals surface area contributed by atoms with Crippen LogP contribution in [0.2, 0.25) is 0 Å². The summed E-state index contributed by atoms with van der Waals surface area (Å²) < 4.78 is 15.6. The molecule has 4 rings (SSSR count). The first-order chi connectivity index (χ1) is 14.3. The first-order valence-electron chi connectivity index (χ1n) is 10.1. The van der Waals surface area contributed by atoms with E-state index in [9.17, 15) is 23.9 Å². The van der Waals surface area contributed by atoms with Crippen molar-refractivity contribution < 1.29 is 19.1 Å². The fourth-order valence-electron chi connectivity index (χ4n) is 4.40. The molecule has 3 heterocycles. The molecule has 8 heteroatoms. The van der Waals surface area contributed by atoms with E-state index < -0.39 is 28.8 Å². The van der Waals surface area contributed by atoms with Crippen molar-refractivity contribution in [3.05, 3.63) is 62.8 Å². The van der Waals surface area contributed by atoms with Crippen LogP contribution in [-0.4, -0.2) is 39.0 Å². The van der Waals surface area contributed by atoms with E-state index in [0.29, 0.717) is 12.1 Å². The molecule has 0 aliphatic carbocycles. The van der Waals surface area contributed by atoms with Crippen LogP contribution in [0, 0.1) is 12.7 Å². The number of fused-ring (bicyclic) bond motifs is 4. The van der Waals surface area contributed by atoms with Crippen LogP contribution in [0.1, 0.15) is 64.2 Å². The number of aryl methyl sites for hydroxylation is 1. The number of hydrogen-bond donors (Lipinski definition) is 2. The Morgan fingerprint density at radius 3 is 2.80 bits per heavy atom. The van der Waals surface area contributed by atoms with Gasteiger partial charge in [-0.05, 0) is 44.7 Å². The minimum atomic E-state index is -0.899. The Morgan fingerprint density at radius 2 is 2.07 bits per heavy atom. The summed E-state index contributed by atoms with van der Waals surface area (Å²) in [6.45, 7) is 4.18. The molecule has 0 radical (unpaired) electrons. The zero-order valence-corrected chi connectivity index (χ0v) is 16.9. The zero-order chi connectivity index (χ0) is 21.6. The molecule has 0 spiro atoms. The molecule has 1 aromatic carbocycles. The van der Waals surface area contributed by atoms with E-state index in [0.717, 1.165) is 24.8 Å². The van der Waals surface area contributed by atoms with Gasteiger partial charge in [0.05, 0.1) is 6.04 Å². The maximum Gasteiger partial charge on any atom is 0.274 e. The van der Waals surface area contributed by atoms with Crippen molar-refractivity contribution in [1.82, 2.24) is 14.8 Å². The normalized spacial score (nSPS) is 20.5. The molecule has 2 amide bonds. The number of aromatic hydroxyl groups is 1. The summed E-state index contributed by atoms with van der Waals surface area (Å²) in [4.78, 5) is 39.9. The van der Waals surface area contributed by atoms with E-state index in [1.54, 1.807) is 28.5 Å². The van der Waals surface area contributed by atoms with Crippen LogP contribution < -0.4 is 10.7 Å². The lowest BCUT2D eigenvalue weighted by molar-refractivity contribution is 0.0565. The van der Waals surface area contributed by atoms with Crippen LogP contribution in [-0.2, 0) is 6.54 Å². The molecule has 1 saturated heterocycles. The second-order valence-corrected chi connectivity index (χ2v) is 8.06. The quantitative estimate of drug-likeness (QED) is 0.809. The van der Waals surface area contributed by atoms with Crippen molar-refractivity contribution >= 4 is 11.8 Å². The van der Waals surface area contributed by atoms with Gasteiger partial charge in [-0.25, -0.2) is 4.39 Å². The lowest BCUT2D eigenvalue weighted by Gasteiger charge is -2.40. The lowest BCUT2D eigenvalue weighted by Crippen LogP contribution is -2.49. The largest absolute Gasteiger partial charge is 0.503 e. The number of amides is 2. The van der Waals surface area contributed by atoms with Crippen molar-refractivity contribution in [3.63, 3.8) is 0 Å². The maximum absolute atomic E-state index is 14.0. The predicted octanol–water partition coefficient (Wildman–Crippen LogP) is 2.50. The van der Waals surface area contributed by atoms with Crippen LogP contribution in [0.15, 0.2) is 29.2 Å². The van der Waals surface area contributed by atoms with E-state index in [2.05, 4.69) is 5.32 Å². The highest BCUT2D eigenvalue weighted by Gasteiger charge is 2.40. The van der Waals surface area contributed by atoms with Crippen LogP contribution in [0.5, 0.6) is 5.75 Å². The molecule has 1 aromatic heterocycles. The molecule has 1 fully saturated rings. The van der Waals surface area contributed by atoms with E-state index in [1.165, 1.54) is 12.3 Å². The van der Waals surface area contributed by atoms with Crippen LogP contribution in [0.4, 0.5) is 4.39 Å². The topological polar surface area (TPSA) is 91.6 Å². The number of nitrogens with one attached hydrogen (secondary N) is 1. The fraction of sp³-hybridized carbons (Fsp3) is 0.409. The van der Waals surface area contributed by atoms with Gasteiger partial charge in [0.25, 0.3) is 11.8 Å². The number of rotatable bonds is 3. The van der Waals surface area contributed by atoms with E-state index in [1.807, 2.05) is 6.92 Å². The fourth-order valence-corrected chi connectivity index (χ4v) is 4.40. The molecule has 30 heavy (non-hydrogen) atoms. The Morgan fingerprint density at radius 1 is 1.30 bits per heavy atom. The molecule has 158 valence electrons. The number of halogens is 1. The summed E-state index contributed by atoms with van der Waals surface area (Å²) in [6.07, 6.45) is 3.89. The van der Waals surface area contributed by atoms with E-state index in [-0.39, 0.29) is 29.9 Å². The van der Waals surface area contributed by atoms with Crippen molar-refractivity contribution in [2.45, 2.75) is 51.7 Å². The number of benzene rings is 1. The van der Waals surface area contributed by atoms with E-state index in [4.69, 9.17) is 0 Å². The standard InChI is InChI=1S/C22H24FN3O4/c1-12-6-7-14(16(23)9-12)10-24-21(29)15-11-26-17-5-3-4-8-25(13(17)2)22(30)18(26)20(28)19(15)27/h6-7,9,11,13,17,28H,3-5,8,10H2,1-2H3,(H,24,29)/t13-,17-/m1/s1. The second-order valence-electron chi connectivity index (χ2n) is 8.06. The van der Waals surface area contributed by atoms with Crippen LogP contribution in [0.3, 0.4) is 0 Å². The van der Waals surface area contributed by atoms with Gasteiger partial charge in [0, 0.05) is 30.9 Å². The minimum absolute atomic E-state index is 0.0638. The van der Waals surface area contributed by atoms with Gasteiger partial charge in [-0.3, -0.25) is 14.4 Å². The Labute approximate surface area is 173 Å². The summed E-state index contributed by atoms with van der Waals surface area (Å²) in [7, 11) is 0. The molecule has 2 N–H and O–H groups in total. The third-order valence-corrected chi connectivity index (χ3v) is 6.12. The second kappa shape index (κ2) is 7.59. The Balaban J connectivity index is 1.68. The molecule has 0 unspecified atom stereocenters. The third-order valence-electron chi connectivity index (χ3n) is 6.12. The Kier molecular flexibility index (Phi) is 5.09. The van der Waals surface area contributed by atoms with Gasteiger partial charge in [-0.1, -0.05) is 12.1 Å². The monoisotopic (exact) mass is 413 g/mol. The summed E-state index contributed by atoms with van der Waals surface area (Å²) in [6, 6.07) is 4.43. The number of carbonyl (C=O) groups excluding carboxylic acids is 2. The van der Waals surface area contributed by atoms with E-state index >= 15 is 0 Å². The minimum Gasteiger partial charge on any atom is -0.503 e.